The number of aromatic nitrogens is 6. The van der Waals surface area contributed by atoms with Crippen LogP contribution in [0.2, 0.25) is 0 Å². The quantitative estimate of drug-likeness (QED) is 0.454. The van der Waals surface area contributed by atoms with Gasteiger partial charge in [-0.15, -0.1) is 15.3 Å². The zero-order valence-corrected chi connectivity index (χ0v) is 15.8. The molecule has 0 saturated carbocycles. The second kappa shape index (κ2) is 7.77. The normalized spacial score (nSPS) is 12.1. The number of halogens is 1. The smallest absolute Gasteiger partial charge is 0.247 e. The lowest BCUT2D eigenvalue weighted by Gasteiger charge is -2.10. The number of tetrazole rings is 1. The van der Waals surface area contributed by atoms with Crippen LogP contribution in [0.4, 0.5) is 4.39 Å². The largest absolute Gasteiger partial charge is 0.494 e. The summed E-state index contributed by atoms with van der Waals surface area (Å²) in [4.78, 5) is 0. The van der Waals surface area contributed by atoms with Gasteiger partial charge in [-0.25, -0.2) is 4.39 Å². The highest BCUT2D eigenvalue weighted by atomic mass is 32.2. The molecule has 0 aliphatic rings. The highest BCUT2D eigenvalue weighted by Crippen LogP contribution is 2.35. The maximum absolute atomic E-state index is 13.1. The minimum Gasteiger partial charge on any atom is -0.494 e. The molecule has 0 bridgehead atoms. The Labute approximate surface area is 163 Å². The number of nitrogens with zero attached hydrogens (tertiary/aromatic N) is 6. The Morgan fingerprint density at radius 3 is 2.64 bits per heavy atom. The number of hydrogen-bond donors (Lipinski definition) is 0. The average Bonchev–Trinajstić information content (AvgIpc) is 3.38. The third kappa shape index (κ3) is 3.58. The molecule has 4 aromatic rings. The van der Waals surface area contributed by atoms with Gasteiger partial charge in [0.1, 0.15) is 17.3 Å². The van der Waals surface area contributed by atoms with E-state index in [4.69, 9.17) is 9.15 Å². The monoisotopic (exact) mass is 398 g/mol. The van der Waals surface area contributed by atoms with Gasteiger partial charge in [0.15, 0.2) is 0 Å². The van der Waals surface area contributed by atoms with E-state index in [1.54, 1.807) is 23.9 Å². The highest BCUT2D eigenvalue weighted by Gasteiger charge is 2.21. The van der Waals surface area contributed by atoms with Crippen LogP contribution >= 0.6 is 11.8 Å². The van der Waals surface area contributed by atoms with Crippen molar-refractivity contribution in [3.63, 3.8) is 0 Å². The molecule has 2 aromatic heterocycles. The van der Waals surface area contributed by atoms with Crippen LogP contribution in [0.5, 0.6) is 5.75 Å². The van der Waals surface area contributed by atoms with Gasteiger partial charge >= 0.3 is 0 Å². The number of methoxy groups -OCH3 is 1. The summed E-state index contributed by atoms with van der Waals surface area (Å²) >= 11 is 1.37. The molecule has 0 N–H and O–H groups in total. The number of hydrogen-bond acceptors (Lipinski definition) is 8. The van der Waals surface area contributed by atoms with E-state index in [0.29, 0.717) is 28.3 Å². The van der Waals surface area contributed by atoms with E-state index in [-0.39, 0.29) is 11.1 Å². The first kappa shape index (κ1) is 18.1. The molecule has 0 aliphatic heterocycles. The third-order valence-corrected chi connectivity index (χ3v) is 4.94. The van der Waals surface area contributed by atoms with Crippen molar-refractivity contribution in [3.8, 4) is 22.9 Å². The van der Waals surface area contributed by atoms with Crippen LogP contribution in [0, 0.1) is 5.82 Å². The Morgan fingerprint density at radius 2 is 1.86 bits per heavy atom. The fraction of sp³-hybridized carbons (Fsp3) is 0.167. The van der Waals surface area contributed by atoms with Gasteiger partial charge in [-0.1, -0.05) is 23.9 Å². The molecule has 4 rings (SSSR count). The topological polar surface area (TPSA) is 91.8 Å². The van der Waals surface area contributed by atoms with Gasteiger partial charge in [0, 0.05) is 5.56 Å². The molecule has 0 amide bonds. The number of benzene rings is 2. The zero-order valence-electron chi connectivity index (χ0n) is 15.0. The van der Waals surface area contributed by atoms with Crippen molar-refractivity contribution in [1.29, 1.82) is 0 Å². The second-order valence-corrected chi connectivity index (χ2v) is 7.07. The Morgan fingerprint density at radius 1 is 1.07 bits per heavy atom. The van der Waals surface area contributed by atoms with Crippen molar-refractivity contribution in [2.45, 2.75) is 17.3 Å². The van der Waals surface area contributed by atoms with E-state index in [1.807, 2.05) is 31.2 Å². The van der Waals surface area contributed by atoms with Gasteiger partial charge in [0.25, 0.3) is 0 Å². The first-order chi connectivity index (χ1) is 13.7. The molecule has 2 aromatic carbocycles. The number of thioether (sulfide) groups is 1. The van der Waals surface area contributed by atoms with Crippen molar-refractivity contribution in [3.05, 3.63) is 60.2 Å². The van der Waals surface area contributed by atoms with Crippen molar-refractivity contribution in [1.82, 2.24) is 30.4 Å². The van der Waals surface area contributed by atoms with Crippen molar-refractivity contribution >= 4 is 11.8 Å². The molecule has 0 aliphatic carbocycles. The standard InChI is InChI=1S/C18H15FN6O2S/c1-11(16-20-21-17(27-16)12-7-9-13(19)10-8-12)28-18-22-23-24-25(18)14-5-3-4-6-15(14)26-2/h3-11H,1-2H3. The van der Waals surface area contributed by atoms with E-state index < -0.39 is 0 Å². The van der Waals surface area contributed by atoms with Crippen LogP contribution in [0.15, 0.2) is 58.1 Å². The summed E-state index contributed by atoms with van der Waals surface area (Å²) in [5.74, 6) is 1.07. The fourth-order valence-electron chi connectivity index (χ4n) is 2.52. The summed E-state index contributed by atoms with van der Waals surface area (Å²) in [6, 6.07) is 13.3. The summed E-state index contributed by atoms with van der Waals surface area (Å²) in [6.45, 7) is 1.91. The molecule has 0 radical (unpaired) electrons. The van der Waals surface area contributed by atoms with Crippen molar-refractivity contribution < 1.29 is 13.5 Å². The van der Waals surface area contributed by atoms with E-state index in [1.165, 1.54) is 23.9 Å². The molecule has 142 valence electrons. The van der Waals surface area contributed by atoms with Gasteiger partial charge < -0.3 is 9.15 Å². The van der Waals surface area contributed by atoms with Gasteiger partial charge in [0.2, 0.25) is 16.9 Å². The van der Waals surface area contributed by atoms with Crippen molar-refractivity contribution in [2.24, 2.45) is 0 Å². The number of rotatable bonds is 6. The first-order valence-corrected chi connectivity index (χ1v) is 9.21. The molecule has 1 atom stereocenters. The molecule has 2 heterocycles. The van der Waals surface area contributed by atoms with Crippen LogP contribution in [0.25, 0.3) is 17.1 Å². The maximum Gasteiger partial charge on any atom is 0.247 e. The Balaban J connectivity index is 1.56. The molecule has 0 saturated heterocycles. The van der Waals surface area contributed by atoms with E-state index in [2.05, 4.69) is 25.7 Å². The van der Waals surface area contributed by atoms with Crippen molar-refractivity contribution in [2.75, 3.05) is 7.11 Å². The van der Waals surface area contributed by atoms with Gasteiger partial charge in [-0.2, -0.15) is 4.68 Å². The van der Waals surface area contributed by atoms with Crippen LogP contribution in [-0.2, 0) is 0 Å². The zero-order chi connectivity index (χ0) is 19.5. The number of ether oxygens (including phenoxy) is 1. The third-order valence-electron chi connectivity index (χ3n) is 3.92. The average molecular weight is 398 g/mol. The van der Waals surface area contributed by atoms with Crippen LogP contribution < -0.4 is 4.74 Å². The number of para-hydroxylation sites is 2. The summed E-state index contributed by atoms with van der Waals surface area (Å²) in [7, 11) is 1.59. The predicted octanol–water partition coefficient (Wildman–Crippen LogP) is 3.71. The summed E-state index contributed by atoms with van der Waals surface area (Å²) in [6.07, 6.45) is 0. The minimum absolute atomic E-state index is 0.207. The lowest BCUT2D eigenvalue weighted by atomic mass is 10.2. The minimum atomic E-state index is -0.324. The Kier molecular flexibility index (Phi) is 5.02. The predicted molar refractivity (Wildman–Crippen MR) is 99.7 cm³/mol. The summed E-state index contributed by atoms with van der Waals surface area (Å²) in [5.41, 5.74) is 1.37. The van der Waals surface area contributed by atoms with Crippen LogP contribution in [0.1, 0.15) is 18.1 Å². The molecule has 1 unspecified atom stereocenters. The molecule has 0 spiro atoms. The van der Waals surface area contributed by atoms with Crippen LogP contribution in [-0.4, -0.2) is 37.5 Å². The highest BCUT2D eigenvalue weighted by molar-refractivity contribution is 7.99. The van der Waals surface area contributed by atoms with Crippen LogP contribution in [0.3, 0.4) is 0 Å². The molecular formula is C18H15FN6O2S. The van der Waals surface area contributed by atoms with Gasteiger partial charge in [0.05, 0.1) is 12.4 Å². The van der Waals surface area contributed by atoms with Gasteiger partial charge in [-0.3, -0.25) is 0 Å². The molecule has 8 nitrogen and oxygen atoms in total. The molecule has 10 heteroatoms. The summed E-state index contributed by atoms with van der Waals surface area (Å²) < 4.78 is 25.8. The molecule has 28 heavy (non-hydrogen) atoms. The van der Waals surface area contributed by atoms with Gasteiger partial charge in [-0.05, 0) is 53.7 Å². The van der Waals surface area contributed by atoms with E-state index in [9.17, 15) is 4.39 Å². The first-order valence-electron chi connectivity index (χ1n) is 8.33. The van der Waals surface area contributed by atoms with E-state index in [0.717, 1.165) is 5.69 Å². The Bertz CT molecular complexity index is 1080. The lowest BCUT2D eigenvalue weighted by Crippen LogP contribution is -2.02. The van der Waals surface area contributed by atoms with E-state index >= 15 is 0 Å². The fourth-order valence-corrected chi connectivity index (χ4v) is 3.36. The molecule has 0 fully saturated rings. The SMILES string of the molecule is COc1ccccc1-n1nnnc1SC(C)c1nnc(-c2ccc(F)cc2)o1. The Hall–Kier alpha value is -3.27. The maximum atomic E-state index is 13.1. The molecular weight excluding hydrogens is 383 g/mol. The second-order valence-electron chi connectivity index (χ2n) is 5.76. The lowest BCUT2D eigenvalue weighted by molar-refractivity contribution is 0.410. The summed E-state index contributed by atoms with van der Waals surface area (Å²) in [5, 5.41) is 20.4.